The number of amides is 1. The molecule has 23 heavy (non-hydrogen) atoms. The Hall–Kier alpha value is -0.820. The molecule has 2 aromatic carbocycles. The van der Waals surface area contributed by atoms with Gasteiger partial charge in [-0.15, -0.1) is 0 Å². The van der Waals surface area contributed by atoms with E-state index in [2.05, 4.69) is 22.6 Å². The third-order valence-corrected chi connectivity index (χ3v) is 5.14. The van der Waals surface area contributed by atoms with Gasteiger partial charge in [0.2, 0.25) is 0 Å². The number of rotatable bonds is 2. The molecule has 120 valence electrons. The van der Waals surface area contributed by atoms with Crippen LogP contribution in [0.1, 0.15) is 22.0 Å². The van der Waals surface area contributed by atoms with Gasteiger partial charge in [-0.1, -0.05) is 35.3 Å². The third-order valence-electron chi connectivity index (χ3n) is 3.76. The Morgan fingerprint density at radius 3 is 2.52 bits per heavy atom. The van der Waals surface area contributed by atoms with Crippen LogP contribution in [-0.4, -0.2) is 30.5 Å². The molecule has 0 aromatic heterocycles. The number of hydrogen-bond acceptors (Lipinski definition) is 2. The molecule has 1 heterocycles. The van der Waals surface area contributed by atoms with Crippen molar-refractivity contribution in [2.24, 2.45) is 0 Å². The second-order valence-electron chi connectivity index (χ2n) is 5.29. The lowest BCUT2D eigenvalue weighted by molar-refractivity contribution is -0.0228. The Kier molecular flexibility index (Phi) is 5.46. The van der Waals surface area contributed by atoms with Gasteiger partial charge >= 0.3 is 0 Å². The van der Waals surface area contributed by atoms with E-state index in [0.717, 1.165) is 9.13 Å². The molecule has 1 aliphatic heterocycles. The van der Waals surface area contributed by atoms with Crippen molar-refractivity contribution < 1.29 is 9.53 Å². The van der Waals surface area contributed by atoms with Crippen molar-refractivity contribution in [1.82, 2.24) is 4.90 Å². The maximum absolute atomic E-state index is 12.8. The minimum Gasteiger partial charge on any atom is -0.370 e. The average Bonchev–Trinajstić information content (AvgIpc) is 2.55. The van der Waals surface area contributed by atoms with Gasteiger partial charge in [0.15, 0.2) is 0 Å². The summed E-state index contributed by atoms with van der Waals surface area (Å²) in [5.74, 6) is 0.00771. The molecule has 3 nitrogen and oxygen atoms in total. The van der Waals surface area contributed by atoms with Gasteiger partial charge in [-0.05, 0) is 58.5 Å². The van der Waals surface area contributed by atoms with Gasteiger partial charge in [0, 0.05) is 20.2 Å². The summed E-state index contributed by atoms with van der Waals surface area (Å²) in [6, 6.07) is 12.9. The molecule has 3 rings (SSSR count). The Balaban J connectivity index is 1.77. The number of benzene rings is 2. The molecule has 1 unspecified atom stereocenters. The minimum atomic E-state index is -0.130. The molecule has 1 saturated heterocycles. The number of morpholine rings is 1. The number of nitrogens with zero attached hydrogens (tertiary/aromatic N) is 1. The van der Waals surface area contributed by atoms with Crippen LogP contribution in [0, 0.1) is 3.57 Å². The highest BCUT2D eigenvalue weighted by molar-refractivity contribution is 14.1. The van der Waals surface area contributed by atoms with Crippen molar-refractivity contribution in [2.75, 3.05) is 19.7 Å². The van der Waals surface area contributed by atoms with E-state index >= 15 is 0 Å². The molecule has 6 heteroatoms. The molecule has 2 aromatic rings. The fourth-order valence-electron chi connectivity index (χ4n) is 2.55. The first-order chi connectivity index (χ1) is 11.0. The van der Waals surface area contributed by atoms with Crippen molar-refractivity contribution in [2.45, 2.75) is 6.10 Å². The van der Waals surface area contributed by atoms with Crippen LogP contribution in [0.4, 0.5) is 0 Å². The molecule has 1 aliphatic rings. The zero-order valence-corrected chi connectivity index (χ0v) is 15.8. The molecule has 0 saturated carbocycles. The van der Waals surface area contributed by atoms with E-state index in [-0.39, 0.29) is 12.0 Å². The molecule has 0 aliphatic carbocycles. The predicted molar refractivity (Wildman–Crippen MR) is 100 cm³/mol. The maximum atomic E-state index is 12.8. The predicted octanol–water partition coefficient (Wildman–Crippen LogP) is 4.81. The zero-order chi connectivity index (χ0) is 16.4. The van der Waals surface area contributed by atoms with Crippen LogP contribution in [0.3, 0.4) is 0 Å². The summed E-state index contributed by atoms with van der Waals surface area (Å²) in [4.78, 5) is 14.6. The fourth-order valence-corrected chi connectivity index (χ4v) is 3.77. The van der Waals surface area contributed by atoms with E-state index in [4.69, 9.17) is 27.9 Å². The maximum Gasteiger partial charge on any atom is 0.255 e. The van der Waals surface area contributed by atoms with E-state index < -0.39 is 0 Å². The number of halogens is 3. The third kappa shape index (κ3) is 3.99. The van der Waals surface area contributed by atoms with Gasteiger partial charge in [0.1, 0.15) is 6.10 Å². The monoisotopic (exact) mass is 461 g/mol. The van der Waals surface area contributed by atoms with Gasteiger partial charge in [0.25, 0.3) is 5.91 Å². The highest BCUT2D eigenvalue weighted by Crippen LogP contribution is 2.26. The van der Waals surface area contributed by atoms with Crippen molar-refractivity contribution in [1.29, 1.82) is 0 Å². The van der Waals surface area contributed by atoms with Crippen molar-refractivity contribution in [3.63, 3.8) is 0 Å². The number of carbonyl (C=O) groups is 1. The number of ether oxygens (including phenoxy) is 1. The van der Waals surface area contributed by atoms with E-state index in [1.165, 1.54) is 0 Å². The lowest BCUT2D eigenvalue weighted by atomic mass is 10.1. The number of carbonyl (C=O) groups excluding carboxylic acids is 1. The zero-order valence-electron chi connectivity index (χ0n) is 12.1. The molecule has 0 spiro atoms. The number of hydrogen-bond donors (Lipinski definition) is 0. The smallest absolute Gasteiger partial charge is 0.255 e. The molecule has 0 radical (unpaired) electrons. The average molecular weight is 462 g/mol. The van der Waals surface area contributed by atoms with Crippen LogP contribution >= 0.6 is 45.8 Å². The topological polar surface area (TPSA) is 29.5 Å². The molecule has 1 amide bonds. The Bertz CT molecular complexity index is 721. The second-order valence-corrected chi connectivity index (χ2v) is 7.32. The summed E-state index contributed by atoms with van der Waals surface area (Å²) in [7, 11) is 0. The SMILES string of the molecule is O=C(c1ccc(Cl)cc1I)N1CCOC(c2ccc(Cl)cc2)C1. The molecule has 0 bridgehead atoms. The first-order valence-electron chi connectivity index (χ1n) is 7.16. The quantitative estimate of drug-likeness (QED) is 0.600. The van der Waals surface area contributed by atoms with Crippen LogP contribution in [0.25, 0.3) is 0 Å². The standard InChI is InChI=1S/C17H14Cl2INO2/c18-12-3-1-11(2-4-12)16-10-21(7-8-23-16)17(22)14-6-5-13(19)9-15(14)20/h1-6,9,16H,7-8,10H2. The van der Waals surface area contributed by atoms with Gasteiger partial charge in [-0.3, -0.25) is 4.79 Å². The lowest BCUT2D eigenvalue weighted by Crippen LogP contribution is -2.42. The summed E-state index contributed by atoms with van der Waals surface area (Å²) >= 11 is 14.0. The van der Waals surface area contributed by atoms with Crippen LogP contribution in [-0.2, 0) is 4.74 Å². The fraction of sp³-hybridized carbons (Fsp3) is 0.235. The minimum absolute atomic E-state index is 0.00771. The van der Waals surface area contributed by atoms with Crippen LogP contribution in [0.5, 0.6) is 0 Å². The Morgan fingerprint density at radius 2 is 1.83 bits per heavy atom. The normalized spacial score (nSPS) is 18.0. The summed E-state index contributed by atoms with van der Waals surface area (Å²) < 4.78 is 6.67. The first kappa shape index (κ1) is 17.0. The second kappa shape index (κ2) is 7.38. The lowest BCUT2D eigenvalue weighted by Gasteiger charge is -2.33. The van der Waals surface area contributed by atoms with Gasteiger partial charge in [0.05, 0.1) is 18.7 Å². The molecule has 1 atom stereocenters. The van der Waals surface area contributed by atoms with Crippen LogP contribution in [0.15, 0.2) is 42.5 Å². The molecular formula is C17H14Cl2INO2. The van der Waals surface area contributed by atoms with Gasteiger partial charge in [-0.25, -0.2) is 0 Å². The molecular weight excluding hydrogens is 448 g/mol. The van der Waals surface area contributed by atoms with E-state index in [0.29, 0.717) is 35.3 Å². The van der Waals surface area contributed by atoms with Gasteiger partial charge in [-0.2, -0.15) is 0 Å². The van der Waals surface area contributed by atoms with Crippen molar-refractivity contribution in [3.05, 3.63) is 67.2 Å². The highest BCUT2D eigenvalue weighted by atomic mass is 127. The summed E-state index contributed by atoms with van der Waals surface area (Å²) in [6.45, 7) is 1.63. The largest absolute Gasteiger partial charge is 0.370 e. The Morgan fingerprint density at radius 1 is 1.13 bits per heavy atom. The van der Waals surface area contributed by atoms with Crippen molar-refractivity contribution >= 4 is 51.7 Å². The van der Waals surface area contributed by atoms with Crippen LogP contribution < -0.4 is 0 Å². The van der Waals surface area contributed by atoms with E-state index in [1.54, 1.807) is 18.2 Å². The van der Waals surface area contributed by atoms with E-state index in [1.807, 2.05) is 29.2 Å². The summed E-state index contributed by atoms with van der Waals surface area (Å²) in [6.07, 6.45) is -0.130. The highest BCUT2D eigenvalue weighted by Gasteiger charge is 2.27. The molecule has 1 fully saturated rings. The summed E-state index contributed by atoms with van der Waals surface area (Å²) in [5.41, 5.74) is 1.70. The summed E-state index contributed by atoms with van der Waals surface area (Å²) in [5, 5.41) is 1.32. The first-order valence-corrected chi connectivity index (χ1v) is 8.99. The van der Waals surface area contributed by atoms with Gasteiger partial charge < -0.3 is 9.64 Å². The van der Waals surface area contributed by atoms with Crippen molar-refractivity contribution in [3.8, 4) is 0 Å². The van der Waals surface area contributed by atoms with E-state index in [9.17, 15) is 4.79 Å². The molecule has 0 N–H and O–H groups in total. The van der Waals surface area contributed by atoms with Crippen LogP contribution in [0.2, 0.25) is 10.0 Å². The Labute approximate surface area is 158 Å².